The molecule has 6 N–H and O–H groups in total. The zero-order chi connectivity index (χ0) is 13.4. The van der Waals surface area contributed by atoms with E-state index >= 15 is 0 Å². The van der Waals surface area contributed by atoms with Crippen LogP contribution in [0, 0.1) is 5.41 Å². The molecule has 0 saturated heterocycles. The molecule has 7 heteroatoms. The second-order valence-corrected chi connectivity index (χ2v) is 3.92. The van der Waals surface area contributed by atoms with Crippen molar-refractivity contribution in [2.24, 2.45) is 11.5 Å². The first-order chi connectivity index (χ1) is 7.90. The standard InChI is InChI=1S/C10H21N5O2/c1-7(11)9(17)15(2)8(6-16)4-3-5-14-10(12)13/h6-8H,3-5,11H2,1-2H3,(H4,12,13,14)/t7-,8-/m0/s1. The molecule has 0 aromatic rings. The minimum atomic E-state index is -0.613. The number of nitrogens with two attached hydrogens (primary N) is 2. The average Bonchev–Trinajstić information content (AvgIpc) is 2.26. The lowest BCUT2D eigenvalue weighted by Crippen LogP contribution is -2.46. The SMILES string of the molecule is C[C@H](N)C(=O)N(C)[C@H](C=O)CCCNC(=N)N. The molecule has 0 aromatic carbocycles. The molecule has 0 saturated carbocycles. The molecule has 1 amide bonds. The van der Waals surface area contributed by atoms with Gasteiger partial charge in [-0.15, -0.1) is 0 Å². The number of likely N-dealkylation sites (N-methyl/N-ethyl adjacent to an activating group) is 1. The number of nitrogens with zero attached hydrogens (tertiary/aromatic N) is 1. The third-order valence-corrected chi connectivity index (χ3v) is 2.38. The summed E-state index contributed by atoms with van der Waals surface area (Å²) in [6.07, 6.45) is 1.88. The van der Waals surface area contributed by atoms with Crippen LogP contribution in [0.25, 0.3) is 0 Å². The van der Waals surface area contributed by atoms with Gasteiger partial charge in [0, 0.05) is 13.6 Å². The first-order valence-electron chi connectivity index (χ1n) is 5.45. The number of carbonyl (C=O) groups excluding carboxylic acids is 2. The summed E-state index contributed by atoms with van der Waals surface area (Å²) in [7, 11) is 1.56. The first-order valence-corrected chi connectivity index (χ1v) is 5.45. The zero-order valence-corrected chi connectivity index (χ0v) is 10.3. The molecule has 0 fully saturated rings. The van der Waals surface area contributed by atoms with E-state index in [-0.39, 0.29) is 11.9 Å². The second-order valence-electron chi connectivity index (χ2n) is 3.92. The highest BCUT2D eigenvalue weighted by atomic mass is 16.2. The number of hydrogen-bond acceptors (Lipinski definition) is 4. The third kappa shape index (κ3) is 5.86. The molecule has 0 bridgehead atoms. The smallest absolute Gasteiger partial charge is 0.239 e. The van der Waals surface area contributed by atoms with Crippen molar-refractivity contribution in [2.75, 3.05) is 13.6 Å². The van der Waals surface area contributed by atoms with Crippen molar-refractivity contribution in [3.05, 3.63) is 0 Å². The average molecular weight is 243 g/mol. The lowest BCUT2D eigenvalue weighted by molar-refractivity contribution is -0.135. The van der Waals surface area contributed by atoms with E-state index in [1.807, 2.05) is 0 Å². The van der Waals surface area contributed by atoms with Gasteiger partial charge in [0.1, 0.15) is 6.29 Å². The summed E-state index contributed by atoms with van der Waals surface area (Å²) in [4.78, 5) is 23.8. The predicted octanol–water partition coefficient (Wildman–Crippen LogP) is -1.38. The highest BCUT2D eigenvalue weighted by molar-refractivity contribution is 5.83. The number of hydrogen-bond donors (Lipinski definition) is 4. The van der Waals surface area contributed by atoms with Gasteiger partial charge in [-0.05, 0) is 19.8 Å². The quantitative estimate of drug-likeness (QED) is 0.190. The number of nitrogens with one attached hydrogen (secondary N) is 2. The van der Waals surface area contributed by atoms with E-state index in [2.05, 4.69) is 5.32 Å². The van der Waals surface area contributed by atoms with Gasteiger partial charge in [-0.1, -0.05) is 0 Å². The summed E-state index contributed by atoms with van der Waals surface area (Å²) < 4.78 is 0. The summed E-state index contributed by atoms with van der Waals surface area (Å²) in [5, 5.41) is 9.58. The summed E-state index contributed by atoms with van der Waals surface area (Å²) in [6, 6.07) is -1.10. The second kappa shape index (κ2) is 7.61. The Morgan fingerprint density at radius 2 is 2.18 bits per heavy atom. The van der Waals surface area contributed by atoms with Crippen LogP contribution in [0.2, 0.25) is 0 Å². The van der Waals surface area contributed by atoms with Crippen molar-refractivity contribution in [1.29, 1.82) is 5.41 Å². The molecule has 0 rings (SSSR count). The van der Waals surface area contributed by atoms with Gasteiger partial charge in [0.05, 0.1) is 12.1 Å². The Bertz CT molecular complexity index is 280. The summed E-state index contributed by atoms with van der Waals surface area (Å²) in [5.74, 6) is -0.366. The van der Waals surface area contributed by atoms with Crippen molar-refractivity contribution in [3.63, 3.8) is 0 Å². The fourth-order valence-electron chi connectivity index (χ4n) is 1.37. The van der Waals surface area contributed by atoms with E-state index < -0.39 is 12.1 Å². The predicted molar refractivity (Wildman–Crippen MR) is 65.4 cm³/mol. The summed E-state index contributed by atoms with van der Waals surface area (Å²) >= 11 is 0. The van der Waals surface area contributed by atoms with E-state index in [4.69, 9.17) is 16.9 Å². The van der Waals surface area contributed by atoms with Gasteiger partial charge in [-0.3, -0.25) is 10.2 Å². The number of amides is 1. The van der Waals surface area contributed by atoms with Crippen molar-refractivity contribution < 1.29 is 9.59 Å². The maximum absolute atomic E-state index is 11.6. The van der Waals surface area contributed by atoms with E-state index in [9.17, 15) is 9.59 Å². The molecule has 0 unspecified atom stereocenters. The molecule has 17 heavy (non-hydrogen) atoms. The molecule has 0 aromatic heterocycles. The van der Waals surface area contributed by atoms with Crippen LogP contribution in [-0.4, -0.2) is 48.7 Å². The topological polar surface area (TPSA) is 125 Å². The monoisotopic (exact) mass is 243 g/mol. The molecule has 7 nitrogen and oxygen atoms in total. The highest BCUT2D eigenvalue weighted by Crippen LogP contribution is 2.04. The van der Waals surface area contributed by atoms with Crippen LogP contribution >= 0.6 is 0 Å². The van der Waals surface area contributed by atoms with E-state index in [0.29, 0.717) is 19.4 Å². The number of guanidine groups is 1. The van der Waals surface area contributed by atoms with Crippen LogP contribution in [0.5, 0.6) is 0 Å². The maximum atomic E-state index is 11.6. The van der Waals surface area contributed by atoms with Crippen molar-refractivity contribution in [3.8, 4) is 0 Å². The Kier molecular flexibility index (Phi) is 6.88. The lowest BCUT2D eigenvalue weighted by Gasteiger charge is -2.25. The number of carbonyl (C=O) groups is 2. The number of aldehydes is 1. The molecule has 0 spiro atoms. The van der Waals surface area contributed by atoms with Gasteiger partial charge in [0.25, 0.3) is 0 Å². The van der Waals surface area contributed by atoms with Crippen molar-refractivity contribution in [1.82, 2.24) is 10.2 Å². The van der Waals surface area contributed by atoms with E-state index in [1.54, 1.807) is 14.0 Å². The lowest BCUT2D eigenvalue weighted by atomic mass is 10.1. The Balaban J connectivity index is 4.10. The summed E-state index contributed by atoms with van der Waals surface area (Å²) in [5.41, 5.74) is 10.6. The Hall–Kier alpha value is -1.63. The van der Waals surface area contributed by atoms with Gasteiger partial charge < -0.3 is 26.5 Å². The Labute approximate surface area is 101 Å². The van der Waals surface area contributed by atoms with Gasteiger partial charge in [0.2, 0.25) is 5.91 Å². The molecule has 0 radical (unpaired) electrons. The zero-order valence-electron chi connectivity index (χ0n) is 10.3. The minimum absolute atomic E-state index is 0.104. The molecular formula is C10H21N5O2. The number of rotatable bonds is 7. The maximum Gasteiger partial charge on any atom is 0.239 e. The van der Waals surface area contributed by atoms with Crippen molar-refractivity contribution >= 4 is 18.2 Å². The molecule has 2 atom stereocenters. The molecule has 0 heterocycles. The van der Waals surface area contributed by atoms with E-state index in [1.165, 1.54) is 4.90 Å². The Morgan fingerprint density at radius 1 is 1.59 bits per heavy atom. The van der Waals surface area contributed by atoms with Gasteiger partial charge in [0.15, 0.2) is 5.96 Å². The summed E-state index contributed by atoms with van der Waals surface area (Å²) in [6.45, 7) is 2.08. The van der Waals surface area contributed by atoms with E-state index in [0.717, 1.165) is 6.29 Å². The van der Waals surface area contributed by atoms with Gasteiger partial charge in [-0.2, -0.15) is 0 Å². The first kappa shape index (κ1) is 15.4. The van der Waals surface area contributed by atoms with Gasteiger partial charge >= 0.3 is 0 Å². The van der Waals surface area contributed by atoms with Crippen LogP contribution in [0.15, 0.2) is 0 Å². The van der Waals surface area contributed by atoms with Crippen LogP contribution in [-0.2, 0) is 9.59 Å². The fourth-order valence-corrected chi connectivity index (χ4v) is 1.37. The molecule has 98 valence electrons. The molecule has 0 aliphatic heterocycles. The highest BCUT2D eigenvalue weighted by Gasteiger charge is 2.21. The molecule has 0 aliphatic carbocycles. The third-order valence-electron chi connectivity index (χ3n) is 2.38. The van der Waals surface area contributed by atoms with Crippen LogP contribution in [0.3, 0.4) is 0 Å². The van der Waals surface area contributed by atoms with Crippen LogP contribution in [0.4, 0.5) is 0 Å². The normalized spacial score (nSPS) is 13.6. The van der Waals surface area contributed by atoms with Gasteiger partial charge in [-0.25, -0.2) is 0 Å². The largest absolute Gasteiger partial charge is 0.370 e. The van der Waals surface area contributed by atoms with Crippen molar-refractivity contribution in [2.45, 2.75) is 31.8 Å². The van der Waals surface area contributed by atoms with Crippen LogP contribution in [0.1, 0.15) is 19.8 Å². The molecular weight excluding hydrogens is 222 g/mol. The Morgan fingerprint density at radius 3 is 2.59 bits per heavy atom. The van der Waals surface area contributed by atoms with Crippen LogP contribution < -0.4 is 16.8 Å². The minimum Gasteiger partial charge on any atom is -0.370 e. The molecule has 0 aliphatic rings. The fraction of sp³-hybridized carbons (Fsp3) is 0.700.